The Morgan fingerprint density at radius 3 is 2.59 bits per heavy atom. The van der Waals surface area contributed by atoms with E-state index in [-0.39, 0.29) is 0 Å². The summed E-state index contributed by atoms with van der Waals surface area (Å²) in [5.74, 6) is 0. The Bertz CT molecular complexity index is 459. The molecule has 1 aromatic carbocycles. The van der Waals surface area contributed by atoms with Crippen LogP contribution in [-0.2, 0) is 13.0 Å². The van der Waals surface area contributed by atoms with Crippen molar-refractivity contribution in [2.24, 2.45) is 0 Å². The Balaban J connectivity index is 1.90. The molecule has 1 aromatic heterocycles. The molecule has 0 aliphatic carbocycles. The zero-order valence-electron chi connectivity index (χ0n) is 10.4. The minimum absolute atomic E-state index is 0.811. The second kappa shape index (κ2) is 5.82. The third kappa shape index (κ3) is 3.56. The minimum Gasteiger partial charge on any atom is -0.379 e. The van der Waals surface area contributed by atoms with Crippen LogP contribution in [0.2, 0.25) is 0 Å². The molecule has 0 saturated carbocycles. The number of aryl methyl sites for hydroxylation is 2. The minimum atomic E-state index is 0.811. The number of benzene rings is 1. The molecule has 0 amide bonds. The number of thiazole rings is 1. The van der Waals surface area contributed by atoms with Gasteiger partial charge in [-0.2, -0.15) is 0 Å². The predicted octanol–water partition coefficient (Wildman–Crippen LogP) is 4.02. The first-order valence-electron chi connectivity index (χ1n) is 6.01. The number of nitrogens with one attached hydrogen (secondary N) is 1. The second-order valence-electron chi connectivity index (χ2n) is 4.18. The molecule has 0 spiro atoms. The topological polar surface area (TPSA) is 24.9 Å². The number of aromatic nitrogens is 1. The summed E-state index contributed by atoms with van der Waals surface area (Å²) < 4.78 is 0. The monoisotopic (exact) mass is 246 g/mol. The highest BCUT2D eigenvalue weighted by Crippen LogP contribution is 2.14. The summed E-state index contributed by atoms with van der Waals surface area (Å²) >= 11 is 1.71. The van der Waals surface area contributed by atoms with Crippen LogP contribution in [0.1, 0.15) is 29.6 Å². The number of rotatable bonds is 5. The molecule has 2 rings (SSSR count). The lowest BCUT2D eigenvalue weighted by atomic mass is 10.1. The predicted molar refractivity (Wildman–Crippen MR) is 74.6 cm³/mol. The molecule has 1 heterocycles. The largest absolute Gasteiger partial charge is 0.379 e. The van der Waals surface area contributed by atoms with Gasteiger partial charge in [0.15, 0.2) is 0 Å². The number of anilines is 1. The molecule has 0 aliphatic rings. The fourth-order valence-electron chi connectivity index (χ4n) is 1.74. The quantitative estimate of drug-likeness (QED) is 0.862. The summed E-state index contributed by atoms with van der Waals surface area (Å²) in [5, 5.41) is 6.62. The van der Waals surface area contributed by atoms with Gasteiger partial charge in [0, 0.05) is 16.8 Å². The Morgan fingerprint density at radius 2 is 2.00 bits per heavy atom. The van der Waals surface area contributed by atoms with Crippen LogP contribution in [0.5, 0.6) is 0 Å². The van der Waals surface area contributed by atoms with Gasteiger partial charge in [0.1, 0.15) is 5.01 Å². The zero-order chi connectivity index (χ0) is 12.1. The van der Waals surface area contributed by atoms with Gasteiger partial charge in [-0.25, -0.2) is 4.98 Å². The van der Waals surface area contributed by atoms with Crippen molar-refractivity contribution in [3.8, 4) is 0 Å². The normalized spacial score (nSPS) is 10.5. The van der Waals surface area contributed by atoms with Crippen molar-refractivity contribution in [2.45, 2.75) is 33.2 Å². The summed E-state index contributed by atoms with van der Waals surface area (Å²) in [6, 6.07) is 8.68. The van der Waals surface area contributed by atoms with E-state index < -0.39 is 0 Å². The fourth-order valence-corrected chi connectivity index (χ4v) is 2.45. The highest BCUT2D eigenvalue weighted by molar-refractivity contribution is 7.09. The molecule has 0 aliphatic heterocycles. The maximum absolute atomic E-state index is 4.43. The SMILES string of the molecule is CCCc1ccc(NCc2nc(C)cs2)cc1. The first-order chi connectivity index (χ1) is 8.28. The van der Waals surface area contributed by atoms with E-state index in [4.69, 9.17) is 0 Å². The van der Waals surface area contributed by atoms with Crippen LogP contribution in [-0.4, -0.2) is 4.98 Å². The summed E-state index contributed by atoms with van der Waals surface area (Å²) in [4.78, 5) is 4.43. The maximum atomic E-state index is 4.43. The van der Waals surface area contributed by atoms with Crippen molar-refractivity contribution in [2.75, 3.05) is 5.32 Å². The molecule has 17 heavy (non-hydrogen) atoms. The number of hydrogen-bond acceptors (Lipinski definition) is 3. The van der Waals surface area contributed by atoms with Gasteiger partial charge in [0.2, 0.25) is 0 Å². The Kier molecular flexibility index (Phi) is 4.15. The molecule has 0 radical (unpaired) electrons. The lowest BCUT2D eigenvalue weighted by molar-refractivity contribution is 0.922. The van der Waals surface area contributed by atoms with Gasteiger partial charge < -0.3 is 5.32 Å². The Labute approximate surface area is 107 Å². The average molecular weight is 246 g/mol. The molecule has 0 saturated heterocycles. The molecule has 0 atom stereocenters. The van der Waals surface area contributed by atoms with Gasteiger partial charge in [-0.3, -0.25) is 0 Å². The van der Waals surface area contributed by atoms with Gasteiger partial charge in [-0.1, -0.05) is 25.5 Å². The van der Waals surface area contributed by atoms with Crippen LogP contribution in [0.15, 0.2) is 29.6 Å². The van der Waals surface area contributed by atoms with E-state index in [9.17, 15) is 0 Å². The fraction of sp³-hybridized carbons (Fsp3) is 0.357. The van der Waals surface area contributed by atoms with Crippen LogP contribution in [0.4, 0.5) is 5.69 Å². The van der Waals surface area contributed by atoms with Crippen molar-refractivity contribution in [3.05, 3.63) is 45.9 Å². The summed E-state index contributed by atoms with van der Waals surface area (Å²) in [5.41, 5.74) is 3.67. The molecule has 1 N–H and O–H groups in total. The highest BCUT2D eigenvalue weighted by Gasteiger charge is 1.98. The van der Waals surface area contributed by atoms with E-state index in [0.717, 1.165) is 29.4 Å². The van der Waals surface area contributed by atoms with Gasteiger partial charge in [-0.15, -0.1) is 11.3 Å². The van der Waals surface area contributed by atoms with E-state index in [1.807, 2.05) is 6.92 Å². The molecule has 0 fully saturated rings. The van der Waals surface area contributed by atoms with Crippen molar-refractivity contribution >= 4 is 17.0 Å². The molecule has 0 bridgehead atoms. The lowest BCUT2D eigenvalue weighted by Crippen LogP contribution is -1.99. The summed E-state index contributed by atoms with van der Waals surface area (Å²) in [7, 11) is 0. The van der Waals surface area contributed by atoms with Crippen LogP contribution in [0.25, 0.3) is 0 Å². The number of hydrogen-bond donors (Lipinski definition) is 1. The van der Waals surface area contributed by atoms with Crippen molar-refractivity contribution < 1.29 is 0 Å². The van der Waals surface area contributed by atoms with Gasteiger partial charge in [-0.05, 0) is 31.0 Å². The van der Waals surface area contributed by atoms with Gasteiger partial charge >= 0.3 is 0 Å². The third-order valence-corrected chi connectivity index (χ3v) is 3.57. The average Bonchev–Trinajstić information content (AvgIpc) is 2.75. The number of nitrogens with zero attached hydrogens (tertiary/aromatic N) is 1. The Morgan fingerprint density at radius 1 is 1.24 bits per heavy atom. The molecule has 3 heteroatoms. The first-order valence-corrected chi connectivity index (χ1v) is 6.89. The molecule has 0 unspecified atom stereocenters. The van der Waals surface area contributed by atoms with Crippen LogP contribution in [0.3, 0.4) is 0 Å². The van der Waals surface area contributed by atoms with Crippen LogP contribution < -0.4 is 5.32 Å². The smallest absolute Gasteiger partial charge is 0.112 e. The van der Waals surface area contributed by atoms with Crippen molar-refractivity contribution in [3.63, 3.8) is 0 Å². The van der Waals surface area contributed by atoms with Crippen LogP contribution in [0, 0.1) is 6.92 Å². The van der Waals surface area contributed by atoms with Crippen LogP contribution >= 0.6 is 11.3 Å². The molecular formula is C14H18N2S. The van der Waals surface area contributed by atoms with E-state index in [2.05, 4.69) is 46.9 Å². The summed E-state index contributed by atoms with van der Waals surface area (Å²) in [6.45, 7) is 5.04. The van der Waals surface area contributed by atoms with Gasteiger partial charge in [0.05, 0.1) is 6.54 Å². The van der Waals surface area contributed by atoms with Crippen molar-refractivity contribution in [1.82, 2.24) is 4.98 Å². The van der Waals surface area contributed by atoms with E-state index in [0.29, 0.717) is 0 Å². The lowest BCUT2D eigenvalue weighted by Gasteiger charge is -2.05. The first kappa shape index (κ1) is 12.1. The van der Waals surface area contributed by atoms with Gasteiger partial charge in [0.25, 0.3) is 0 Å². The maximum Gasteiger partial charge on any atom is 0.112 e. The van der Waals surface area contributed by atoms with E-state index in [1.54, 1.807) is 11.3 Å². The zero-order valence-corrected chi connectivity index (χ0v) is 11.2. The second-order valence-corrected chi connectivity index (χ2v) is 5.13. The van der Waals surface area contributed by atoms with E-state index >= 15 is 0 Å². The molecule has 2 aromatic rings. The molecule has 2 nitrogen and oxygen atoms in total. The molecular weight excluding hydrogens is 228 g/mol. The highest BCUT2D eigenvalue weighted by atomic mass is 32.1. The Hall–Kier alpha value is -1.35. The molecule has 90 valence electrons. The van der Waals surface area contributed by atoms with Crippen molar-refractivity contribution in [1.29, 1.82) is 0 Å². The standard InChI is InChI=1S/C14H18N2S/c1-3-4-12-5-7-13(8-6-12)15-9-14-16-11(2)10-17-14/h5-8,10,15H,3-4,9H2,1-2H3. The van der Waals surface area contributed by atoms with E-state index in [1.165, 1.54) is 12.0 Å². The summed E-state index contributed by atoms with van der Waals surface area (Å²) in [6.07, 6.45) is 2.36. The third-order valence-electron chi connectivity index (χ3n) is 2.60.